The largest absolute Gasteiger partial charge is 0.413 e. The maximum Gasteiger partial charge on any atom is 0.192 e. The zero-order valence-corrected chi connectivity index (χ0v) is 13.0. The number of alkyl halides is 1. The van der Waals surface area contributed by atoms with Crippen molar-refractivity contribution in [2.24, 2.45) is 0 Å². The first kappa shape index (κ1) is 15.2. The topological polar surface area (TPSA) is 35.2 Å². The van der Waals surface area contributed by atoms with E-state index in [2.05, 4.69) is 33.9 Å². The van der Waals surface area contributed by atoms with Crippen LogP contribution in [-0.4, -0.2) is 8.32 Å². The van der Waals surface area contributed by atoms with Gasteiger partial charge in [-0.3, -0.25) is 0 Å². The van der Waals surface area contributed by atoms with Gasteiger partial charge in [-0.25, -0.2) is 4.39 Å². The van der Waals surface area contributed by atoms with Gasteiger partial charge in [-0.1, -0.05) is 26.8 Å². The summed E-state index contributed by atoms with van der Waals surface area (Å²) < 4.78 is 18.8. The molecule has 0 saturated heterocycles. The summed E-state index contributed by atoms with van der Waals surface area (Å²) in [6.45, 7) is 11.0. The molecule has 0 atom stereocenters. The second-order valence-corrected chi connectivity index (χ2v) is 11.1. The molecule has 102 valence electrons. The molecule has 1 rings (SSSR count). The SMILES string of the molecule is CC(C)(C)[Si](C)(C)OCc1cc(N)cc(CF)c1. The number of halogens is 1. The van der Waals surface area contributed by atoms with Gasteiger partial charge in [-0.2, -0.15) is 0 Å². The van der Waals surface area contributed by atoms with Gasteiger partial charge in [0.1, 0.15) is 6.67 Å². The van der Waals surface area contributed by atoms with E-state index >= 15 is 0 Å². The molecule has 0 aromatic heterocycles. The molecule has 0 fully saturated rings. The molecular formula is C14H24FNOSi. The molecule has 0 aliphatic heterocycles. The van der Waals surface area contributed by atoms with Crippen molar-refractivity contribution in [2.45, 2.75) is 52.2 Å². The van der Waals surface area contributed by atoms with Gasteiger partial charge in [0, 0.05) is 5.69 Å². The van der Waals surface area contributed by atoms with E-state index in [0.29, 0.717) is 17.9 Å². The van der Waals surface area contributed by atoms with Gasteiger partial charge in [-0.05, 0) is 41.4 Å². The number of hydrogen-bond donors (Lipinski definition) is 1. The van der Waals surface area contributed by atoms with Crippen LogP contribution in [0, 0.1) is 0 Å². The number of rotatable bonds is 4. The normalized spacial score (nSPS) is 12.8. The van der Waals surface area contributed by atoms with Crippen molar-refractivity contribution in [3.05, 3.63) is 29.3 Å². The summed E-state index contributed by atoms with van der Waals surface area (Å²) >= 11 is 0. The third-order valence-corrected chi connectivity index (χ3v) is 8.11. The first-order valence-electron chi connectivity index (χ1n) is 6.24. The Morgan fingerprint density at radius 2 is 1.72 bits per heavy atom. The van der Waals surface area contributed by atoms with Crippen molar-refractivity contribution in [3.8, 4) is 0 Å². The average Bonchev–Trinajstić information content (AvgIpc) is 2.24. The lowest BCUT2D eigenvalue weighted by atomic mass is 10.1. The van der Waals surface area contributed by atoms with Crippen LogP contribution in [0.5, 0.6) is 0 Å². The summed E-state index contributed by atoms with van der Waals surface area (Å²) in [6, 6.07) is 5.34. The molecule has 0 heterocycles. The first-order valence-corrected chi connectivity index (χ1v) is 9.15. The van der Waals surface area contributed by atoms with E-state index in [1.54, 1.807) is 6.07 Å². The minimum absolute atomic E-state index is 0.177. The summed E-state index contributed by atoms with van der Waals surface area (Å²) in [5.41, 5.74) is 7.91. The van der Waals surface area contributed by atoms with Gasteiger partial charge in [-0.15, -0.1) is 0 Å². The smallest absolute Gasteiger partial charge is 0.192 e. The van der Waals surface area contributed by atoms with E-state index in [1.807, 2.05) is 12.1 Å². The van der Waals surface area contributed by atoms with Crippen LogP contribution in [0.4, 0.5) is 10.1 Å². The maximum atomic E-state index is 12.7. The van der Waals surface area contributed by atoms with Crippen LogP contribution < -0.4 is 5.73 Å². The first-order chi connectivity index (χ1) is 8.15. The molecule has 1 aromatic rings. The number of nitrogen functional groups attached to an aromatic ring is 1. The molecule has 0 saturated carbocycles. The molecule has 0 bridgehead atoms. The van der Waals surface area contributed by atoms with Crippen LogP contribution in [0.15, 0.2) is 18.2 Å². The zero-order chi connectivity index (χ0) is 14.0. The monoisotopic (exact) mass is 269 g/mol. The van der Waals surface area contributed by atoms with Gasteiger partial charge < -0.3 is 10.2 Å². The van der Waals surface area contributed by atoms with E-state index in [-0.39, 0.29) is 5.04 Å². The third-order valence-electron chi connectivity index (χ3n) is 3.64. The highest BCUT2D eigenvalue weighted by Gasteiger charge is 2.36. The molecule has 2 N–H and O–H groups in total. The molecule has 0 spiro atoms. The van der Waals surface area contributed by atoms with Crippen LogP contribution in [0.3, 0.4) is 0 Å². The molecular weight excluding hydrogens is 245 g/mol. The van der Waals surface area contributed by atoms with Crippen molar-refractivity contribution in [1.29, 1.82) is 0 Å². The lowest BCUT2D eigenvalue weighted by molar-refractivity contribution is 0.276. The molecule has 4 heteroatoms. The predicted octanol–water partition coefficient (Wildman–Crippen LogP) is 4.26. The summed E-state index contributed by atoms with van der Waals surface area (Å²) in [5, 5.41) is 0.177. The van der Waals surface area contributed by atoms with Gasteiger partial charge in [0.2, 0.25) is 0 Å². The Morgan fingerprint density at radius 1 is 1.17 bits per heavy atom. The Balaban J connectivity index is 2.78. The lowest BCUT2D eigenvalue weighted by Gasteiger charge is -2.36. The maximum absolute atomic E-state index is 12.7. The van der Waals surface area contributed by atoms with Gasteiger partial charge in [0.15, 0.2) is 8.32 Å². The Hall–Kier alpha value is -0.873. The van der Waals surface area contributed by atoms with Crippen molar-refractivity contribution in [3.63, 3.8) is 0 Å². The standard InChI is InChI=1S/C14H24FNOSi/c1-14(2,3)18(4,5)17-10-12-6-11(9-15)7-13(16)8-12/h6-8H,9-10,16H2,1-5H3. The fourth-order valence-electron chi connectivity index (χ4n) is 1.43. The highest BCUT2D eigenvalue weighted by atomic mass is 28.4. The Labute approximate surface area is 110 Å². The summed E-state index contributed by atoms with van der Waals surface area (Å²) in [7, 11) is -1.77. The van der Waals surface area contributed by atoms with Crippen molar-refractivity contribution in [2.75, 3.05) is 5.73 Å². The minimum atomic E-state index is -1.77. The quantitative estimate of drug-likeness (QED) is 0.655. The van der Waals surface area contributed by atoms with Crippen molar-refractivity contribution in [1.82, 2.24) is 0 Å². The van der Waals surface area contributed by atoms with Crippen molar-refractivity contribution >= 4 is 14.0 Å². The fourth-order valence-corrected chi connectivity index (χ4v) is 2.39. The van der Waals surface area contributed by atoms with E-state index in [0.717, 1.165) is 5.56 Å². The predicted molar refractivity (Wildman–Crippen MR) is 77.7 cm³/mol. The zero-order valence-electron chi connectivity index (χ0n) is 12.0. The molecule has 0 aliphatic carbocycles. The van der Waals surface area contributed by atoms with E-state index in [1.165, 1.54) is 0 Å². The second kappa shape index (κ2) is 5.41. The van der Waals surface area contributed by atoms with E-state index < -0.39 is 15.0 Å². The van der Waals surface area contributed by atoms with Crippen LogP contribution in [0.25, 0.3) is 0 Å². The van der Waals surface area contributed by atoms with Crippen LogP contribution >= 0.6 is 0 Å². The van der Waals surface area contributed by atoms with Crippen LogP contribution in [-0.2, 0) is 17.7 Å². The Kier molecular flexibility index (Phi) is 4.56. The fraction of sp³-hybridized carbons (Fsp3) is 0.571. The summed E-state index contributed by atoms with van der Waals surface area (Å²) in [4.78, 5) is 0. The number of anilines is 1. The van der Waals surface area contributed by atoms with Gasteiger partial charge in [0.05, 0.1) is 6.61 Å². The van der Waals surface area contributed by atoms with Crippen LogP contribution in [0.1, 0.15) is 31.9 Å². The van der Waals surface area contributed by atoms with Gasteiger partial charge >= 0.3 is 0 Å². The molecule has 0 unspecified atom stereocenters. The highest BCUT2D eigenvalue weighted by Crippen LogP contribution is 2.37. The van der Waals surface area contributed by atoms with Crippen LogP contribution in [0.2, 0.25) is 18.1 Å². The Bertz CT molecular complexity index is 413. The minimum Gasteiger partial charge on any atom is -0.413 e. The number of hydrogen-bond acceptors (Lipinski definition) is 2. The number of nitrogens with two attached hydrogens (primary N) is 1. The van der Waals surface area contributed by atoms with E-state index in [4.69, 9.17) is 10.2 Å². The second-order valence-electron chi connectivity index (χ2n) is 6.27. The third kappa shape index (κ3) is 3.82. The van der Waals surface area contributed by atoms with Crippen molar-refractivity contribution < 1.29 is 8.82 Å². The highest BCUT2D eigenvalue weighted by molar-refractivity contribution is 6.74. The summed E-state index contributed by atoms with van der Waals surface area (Å²) in [5.74, 6) is 0. The van der Waals surface area contributed by atoms with E-state index in [9.17, 15) is 4.39 Å². The van der Waals surface area contributed by atoms with Gasteiger partial charge in [0.25, 0.3) is 0 Å². The molecule has 18 heavy (non-hydrogen) atoms. The lowest BCUT2D eigenvalue weighted by Crippen LogP contribution is -2.40. The average molecular weight is 269 g/mol. The number of benzene rings is 1. The molecule has 0 aliphatic rings. The Morgan fingerprint density at radius 3 is 2.22 bits per heavy atom. The molecule has 2 nitrogen and oxygen atoms in total. The molecule has 0 amide bonds. The molecule has 0 radical (unpaired) electrons. The molecule has 1 aromatic carbocycles. The summed E-state index contributed by atoms with van der Waals surface area (Å²) in [6.07, 6.45) is 0.